The van der Waals surface area contributed by atoms with E-state index in [0.29, 0.717) is 67.3 Å². The van der Waals surface area contributed by atoms with E-state index in [2.05, 4.69) is 27.7 Å². The Balaban J connectivity index is 2.08. The molecule has 3 aromatic carbocycles. The van der Waals surface area contributed by atoms with Gasteiger partial charge in [-0.25, -0.2) is 39.5 Å². The lowest BCUT2D eigenvalue weighted by atomic mass is 9.91. The fourth-order valence-electron chi connectivity index (χ4n) is 10.8. The molecule has 0 N–H and O–H groups in total. The number of benzene rings is 3. The van der Waals surface area contributed by atoms with E-state index in [1.165, 1.54) is 70.6 Å². The van der Waals surface area contributed by atoms with Crippen LogP contribution in [0, 0.1) is 52.4 Å². The predicted molar refractivity (Wildman–Crippen MR) is 293 cm³/mol. The van der Waals surface area contributed by atoms with Crippen molar-refractivity contribution in [2.75, 3.05) is 19.6 Å². The maximum Gasteiger partial charge on any atom is 0.864 e. The van der Waals surface area contributed by atoms with E-state index in [1.54, 1.807) is 0 Å². The number of quaternary nitrogens is 1. The number of hydrogen-bond acceptors (Lipinski definition) is 3. The van der Waals surface area contributed by atoms with Crippen LogP contribution in [0.1, 0.15) is 270 Å². The lowest BCUT2D eigenvalue weighted by Gasteiger charge is -2.46. The smallest absolute Gasteiger partial charge is 0.489 e. The molecule has 0 bridgehead atoms. The molecule has 0 radical (unpaired) electrons. The number of rotatable bonds is 47. The van der Waals surface area contributed by atoms with Gasteiger partial charge < -0.3 is 18.4 Å². The van der Waals surface area contributed by atoms with Crippen molar-refractivity contribution >= 4 is 7.32 Å². The molecule has 0 saturated heterocycles. The van der Waals surface area contributed by atoms with Gasteiger partial charge in [0.1, 0.15) is 23.3 Å². The predicted octanol–water partition coefficient (Wildman–Crippen LogP) is 21.4. The van der Waals surface area contributed by atoms with Gasteiger partial charge in [-0.2, -0.15) is 0 Å². The maximum atomic E-state index is 17.3. The number of halogens is 9. The average Bonchev–Trinajstić information content (AvgIpc) is 3.39. The third kappa shape index (κ3) is 25.1. The monoisotopic (exact) mass is 1080 g/mol. The molecule has 3 rings (SSSR count). The molecule has 4 nitrogen and oxygen atoms in total. The zero-order valence-corrected chi connectivity index (χ0v) is 47.2. The van der Waals surface area contributed by atoms with Crippen LogP contribution < -0.4 is 14.0 Å². The van der Waals surface area contributed by atoms with Crippen molar-refractivity contribution in [1.82, 2.24) is 0 Å². The first-order chi connectivity index (χ1) is 36.8. The molecule has 0 heterocycles. The first-order valence-corrected chi connectivity index (χ1v) is 30.1. The van der Waals surface area contributed by atoms with Crippen LogP contribution in [-0.4, -0.2) is 31.4 Å². The molecule has 1 unspecified atom stereocenters. The van der Waals surface area contributed by atoms with Crippen molar-refractivity contribution in [3.8, 4) is 17.2 Å². The summed E-state index contributed by atoms with van der Waals surface area (Å²) in [6.45, 7) is 10.6. The van der Waals surface area contributed by atoms with Crippen LogP contribution in [0.15, 0.2) is 30.3 Å². The molecule has 0 saturated carbocycles. The highest BCUT2D eigenvalue weighted by Crippen LogP contribution is 2.44. The van der Waals surface area contributed by atoms with E-state index in [1.807, 2.05) is 0 Å². The van der Waals surface area contributed by atoms with Gasteiger partial charge in [0.15, 0.2) is 52.4 Å². The van der Waals surface area contributed by atoms with Gasteiger partial charge in [-0.3, -0.25) is 0 Å². The quantitative estimate of drug-likeness (QED) is 0.0185. The lowest BCUT2D eigenvalue weighted by Crippen LogP contribution is -2.53. The highest BCUT2D eigenvalue weighted by molar-refractivity contribution is 6.39. The summed E-state index contributed by atoms with van der Waals surface area (Å²) in [7, 11) is -2.34. The summed E-state index contributed by atoms with van der Waals surface area (Å²) in [6, 6.07) is 1.72. The van der Waals surface area contributed by atoms with Gasteiger partial charge in [-0.05, 0) is 44.9 Å². The van der Waals surface area contributed by atoms with Gasteiger partial charge in [-0.1, -0.05) is 207 Å². The zero-order valence-electron chi connectivity index (χ0n) is 47.2. The van der Waals surface area contributed by atoms with E-state index in [0.717, 1.165) is 148 Å². The van der Waals surface area contributed by atoms with E-state index in [9.17, 15) is 26.3 Å². The Morgan fingerprint density at radius 3 is 0.921 bits per heavy atom. The van der Waals surface area contributed by atoms with Crippen LogP contribution in [0.4, 0.5) is 39.5 Å². The van der Waals surface area contributed by atoms with Crippen LogP contribution in [0.2, 0.25) is 0 Å². The molecule has 0 aromatic heterocycles. The molecule has 1 atom stereocenters. The molecule has 0 aliphatic heterocycles. The molecule has 14 heteroatoms. The number of hydrogen-bond donors (Lipinski definition) is 0. The van der Waals surface area contributed by atoms with Gasteiger partial charge in [0.05, 0.1) is 25.2 Å². The molecule has 76 heavy (non-hydrogen) atoms. The van der Waals surface area contributed by atoms with Crippen LogP contribution in [0.3, 0.4) is 0 Å². The van der Waals surface area contributed by atoms with E-state index >= 15 is 13.2 Å². The Morgan fingerprint density at radius 2 is 0.605 bits per heavy atom. The van der Waals surface area contributed by atoms with E-state index in [4.69, 9.17) is 14.0 Å². The Morgan fingerprint density at radius 1 is 0.329 bits per heavy atom. The third-order valence-electron chi connectivity index (χ3n) is 15.2. The lowest BCUT2D eigenvalue weighted by molar-refractivity contribution is -0.958. The van der Waals surface area contributed by atoms with Gasteiger partial charge >= 0.3 is 7.32 Å². The molecule has 0 aliphatic carbocycles. The largest absolute Gasteiger partial charge is 0.864 e. The van der Waals surface area contributed by atoms with Gasteiger partial charge in [0.2, 0.25) is 0 Å². The minimum Gasteiger partial charge on any atom is -0.489 e. The summed E-state index contributed by atoms with van der Waals surface area (Å²) in [6.07, 6.45) is 38.5. The van der Waals surface area contributed by atoms with Crippen molar-refractivity contribution in [2.45, 2.75) is 265 Å². The fourth-order valence-corrected chi connectivity index (χ4v) is 10.8. The molecule has 0 amide bonds. The first kappa shape index (κ1) is 66.7. The minimum absolute atomic E-state index is 0.275. The normalized spacial score (nSPS) is 12.2. The molecular formula is C62H96BF9NO3+. The molecule has 0 spiro atoms. The van der Waals surface area contributed by atoms with Gasteiger partial charge in [0, 0.05) is 36.8 Å². The second-order valence-electron chi connectivity index (χ2n) is 21.6. The topological polar surface area (TPSA) is 27.7 Å². The summed E-state index contributed by atoms with van der Waals surface area (Å²) < 4.78 is 154. The zero-order chi connectivity index (χ0) is 55.4. The second-order valence-corrected chi connectivity index (χ2v) is 21.6. The summed E-state index contributed by atoms with van der Waals surface area (Å²) in [5, 5.41) is 0. The van der Waals surface area contributed by atoms with Gasteiger partial charge in [0.25, 0.3) is 0 Å². The van der Waals surface area contributed by atoms with Crippen LogP contribution in [0.5, 0.6) is 17.2 Å². The van der Waals surface area contributed by atoms with E-state index < -0.39 is 83.0 Å². The van der Waals surface area contributed by atoms with Crippen LogP contribution >= 0.6 is 0 Å². The number of nitrogens with zero attached hydrogens (tertiary/aromatic N) is 1. The molecule has 432 valence electrons. The molecule has 0 fully saturated rings. The Labute approximate surface area is 453 Å². The van der Waals surface area contributed by atoms with Crippen molar-refractivity contribution in [3.05, 3.63) is 88.3 Å². The Hall–Kier alpha value is -3.55. The highest BCUT2D eigenvalue weighted by atomic mass is 19.2. The number of unbranched alkanes of at least 4 members (excludes halogenated alkanes) is 31. The minimum atomic E-state index is -2.34. The van der Waals surface area contributed by atoms with E-state index in [-0.39, 0.29) is 5.56 Å². The Kier molecular flexibility index (Phi) is 34.9. The van der Waals surface area contributed by atoms with Crippen LogP contribution in [-0.2, 0) is 0 Å². The highest BCUT2D eigenvalue weighted by Gasteiger charge is 2.43. The van der Waals surface area contributed by atoms with Crippen molar-refractivity contribution in [1.29, 1.82) is 0 Å². The average molecular weight is 1090 g/mol. The summed E-state index contributed by atoms with van der Waals surface area (Å²) in [5.74, 6) is -17.1. The van der Waals surface area contributed by atoms with Crippen LogP contribution in [0.25, 0.3) is 0 Å². The molecule has 0 aliphatic rings. The maximum absolute atomic E-state index is 17.3. The SMILES string of the molecule is CCCCCCCCCCCCCCCCCCCC(c1c(OB(Oc2cc(F)c(F)c(F)c2)Oc2cc(F)c(F)c(F)c2)cc(F)c(F)c1F)[N+](CCCCCCCC)(CCCCCCCC)CCCCCCCC. The third-order valence-corrected chi connectivity index (χ3v) is 15.2. The van der Waals surface area contributed by atoms with Crippen molar-refractivity contribution in [2.24, 2.45) is 0 Å². The van der Waals surface area contributed by atoms with Crippen molar-refractivity contribution in [3.63, 3.8) is 0 Å². The molecule has 3 aromatic rings. The summed E-state index contributed by atoms with van der Waals surface area (Å²) in [5.41, 5.74) is -0.275. The Bertz CT molecular complexity index is 1860. The summed E-state index contributed by atoms with van der Waals surface area (Å²) >= 11 is 0. The standard InChI is InChI=1S/C62H96BF9NO3/c1-5-9-13-17-21-22-23-24-25-26-27-28-29-30-31-32-36-40-56(73(41-37-33-18-14-10-6-2,42-38-34-19-15-11-7-3)43-39-35-20-16-12-8-4)58-57(48-55(68)61(71)62(58)72)76-63(74-49-44-51(64)59(69)52(65)45-49)75-50-46-53(66)60(70)54(67)47-50/h44-48,56H,5-43H2,1-4H3/q+1. The molecular weight excluding hydrogens is 988 g/mol. The fraction of sp³-hybridized carbons (Fsp3) is 0.710. The summed E-state index contributed by atoms with van der Waals surface area (Å²) in [4.78, 5) is 0. The second kappa shape index (κ2) is 39.8. The van der Waals surface area contributed by atoms with Crippen molar-refractivity contribution < 1.29 is 58.0 Å². The van der Waals surface area contributed by atoms with Gasteiger partial charge in [-0.15, -0.1) is 0 Å². The first-order valence-electron chi connectivity index (χ1n) is 30.1.